The van der Waals surface area contributed by atoms with Gasteiger partial charge in [0.2, 0.25) is 11.8 Å². The van der Waals surface area contributed by atoms with Crippen molar-refractivity contribution in [1.29, 1.82) is 0 Å². The lowest BCUT2D eigenvalue weighted by Crippen LogP contribution is -2.47. The zero-order valence-electron chi connectivity index (χ0n) is 15.6. The Bertz CT molecular complexity index is 1010. The number of nitrogens with one attached hydrogen (secondary N) is 2. The summed E-state index contributed by atoms with van der Waals surface area (Å²) in [6.07, 6.45) is 3.68. The van der Waals surface area contributed by atoms with Crippen LogP contribution in [0.4, 0.5) is 0 Å². The molecule has 2 N–H and O–H groups in total. The maximum absolute atomic E-state index is 12.6. The minimum atomic E-state index is -0.502. The van der Waals surface area contributed by atoms with Crippen LogP contribution in [0.25, 0.3) is 10.9 Å². The molecule has 2 aromatic rings. The Labute approximate surface area is 161 Å². The van der Waals surface area contributed by atoms with Gasteiger partial charge in [0.1, 0.15) is 0 Å². The van der Waals surface area contributed by atoms with Crippen molar-refractivity contribution in [2.75, 3.05) is 13.1 Å². The quantitative estimate of drug-likeness (QED) is 0.788. The molecular weight excluding hydrogens is 360 g/mol. The highest BCUT2D eigenvalue weighted by Crippen LogP contribution is 2.29. The predicted molar refractivity (Wildman–Crippen MR) is 104 cm³/mol. The molecule has 1 saturated heterocycles. The molecule has 1 aromatic heterocycles. The Morgan fingerprint density at radius 2 is 1.79 bits per heavy atom. The molecule has 1 aliphatic carbocycles. The van der Waals surface area contributed by atoms with Gasteiger partial charge in [0.05, 0.1) is 10.9 Å². The third-order valence-corrected chi connectivity index (χ3v) is 5.60. The van der Waals surface area contributed by atoms with Gasteiger partial charge in [0.15, 0.2) is 0 Å². The molecule has 0 atom stereocenters. The highest BCUT2D eigenvalue weighted by molar-refractivity contribution is 5.81. The van der Waals surface area contributed by atoms with E-state index in [4.69, 9.17) is 0 Å². The van der Waals surface area contributed by atoms with Crippen LogP contribution in [0.3, 0.4) is 0 Å². The predicted octanol–water partition coefficient (Wildman–Crippen LogP) is 0.597. The Morgan fingerprint density at radius 1 is 1.07 bits per heavy atom. The molecule has 8 heteroatoms. The SMILES string of the molecule is O=C(NC1CCN(C(=O)CCn2c(=O)[nH]c(=O)c3ccccc32)CC1)C1CC1. The van der Waals surface area contributed by atoms with E-state index in [1.54, 1.807) is 29.2 Å². The van der Waals surface area contributed by atoms with E-state index in [0.29, 0.717) is 24.0 Å². The van der Waals surface area contributed by atoms with Gasteiger partial charge in [-0.3, -0.25) is 23.9 Å². The largest absolute Gasteiger partial charge is 0.353 e. The van der Waals surface area contributed by atoms with E-state index < -0.39 is 11.2 Å². The van der Waals surface area contributed by atoms with Crippen LogP contribution in [0.5, 0.6) is 0 Å². The van der Waals surface area contributed by atoms with Gasteiger partial charge < -0.3 is 10.2 Å². The number of aryl methyl sites for hydroxylation is 1. The van der Waals surface area contributed by atoms with E-state index in [2.05, 4.69) is 10.3 Å². The summed E-state index contributed by atoms with van der Waals surface area (Å²) in [7, 11) is 0. The van der Waals surface area contributed by atoms with Crippen LogP contribution in [0, 0.1) is 5.92 Å². The average Bonchev–Trinajstić information content (AvgIpc) is 3.53. The smallest absolute Gasteiger partial charge is 0.328 e. The molecule has 1 saturated carbocycles. The lowest BCUT2D eigenvalue weighted by atomic mass is 10.0. The molecule has 2 amide bonds. The standard InChI is InChI=1S/C20H24N4O4/c25-17(23-10-7-14(8-11-23)21-18(26)13-5-6-13)9-12-24-16-4-2-1-3-15(16)19(27)22-20(24)28/h1-4,13-14H,5-12H2,(H,21,26)(H,22,27,28). The molecule has 28 heavy (non-hydrogen) atoms. The number of amides is 2. The number of carbonyl (C=O) groups excluding carboxylic acids is 2. The first-order chi connectivity index (χ1) is 13.5. The fourth-order valence-electron chi connectivity index (χ4n) is 3.77. The summed E-state index contributed by atoms with van der Waals surface area (Å²) < 4.78 is 1.44. The Morgan fingerprint density at radius 3 is 2.50 bits per heavy atom. The molecule has 0 radical (unpaired) electrons. The number of aromatic nitrogens is 2. The van der Waals surface area contributed by atoms with Gasteiger partial charge in [0, 0.05) is 38.0 Å². The van der Waals surface area contributed by atoms with E-state index in [1.165, 1.54) is 4.57 Å². The maximum Gasteiger partial charge on any atom is 0.328 e. The number of likely N-dealkylation sites (tertiary alicyclic amines) is 1. The van der Waals surface area contributed by atoms with Gasteiger partial charge in [-0.15, -0.1) is 0 Å². The van der Waals surface area contributed by atoms with Crippen molar-refractivity contribution in [3.05, 3.63) is 45.1 Å². The van der Waals surface area contributed by atoms with Crippen molar-refractivity contribution in [3.8, 4) is 0 Å². The number of nitrogens with zero attached hydrogens (tertiary/aromatic N) is 2. The summed E-state index contributed by atoms with van der Waals surface area (Å²) in [4.78, 5) is 52.7. The van der Waals surface area contributed by atoms with Crippen LogP contribution < -0.4 is 16.6 Å². The zero-order chi connectivity index (χ0) is 19.7. The van der Waals surface area contributed by atoms with E-state index in [9.17, 15) is 19.2 Å². The topological polar surface area (TPSA) is 104 Å². The second-order valence-corrected chi connectivity index (χ2v) is 7.62. The molecule has 0 bridgehead atoms. The minimum Gasteiger partial charge on any atom is -0.353 e. The van der Waals surface area contributed by atoms with E-state index in [1.807, 2.05) is 0 Å². The Hall–Kier alpha value is -2.90. The van der Waals surface area contributed by atoms with E-state index in [0.717, 1.165) is 25.7 Å². The van der Waals surface area contributed by atoms with Crippen LogP contribution in [0.15, 0.2) is 33.9 Å². The molecule has 2 fully saturated rings. The molecular formula is C20H24N4O4. The highest BCUT2D eigenvalue weighted by Gasteiger charge is 2.32. The van der Waals surface area contributed by atoms with Crippen LogP contribution >= 0.6 is 0 Å². The van der Waals surface area contributed by atoms with Gasteiger partial charge in [0.25, 0.3) is 5.56 Å². The zero-order valence-corrected chi connectivity index (χ0v) is 15.6. The summed E-state index contributed by atoms with van der Waals surface area (Å²) in [6, 6.07) is 7.02. The number of H-pyrrole nitrogens is 1. The summed E-state index contributed by atoms with van der Waals surface area (Å²) in [5.41, 5.74) is -0.387. The number of benzene rings is 1. The second kappa shape index (κ2) is 7.61. The van der Waals surface area contributed by atoms with Crippen molar-refractivity contribution in [2.24, 2.45) is 5.92 Å². The Balaban J connectivity index is 1.35. The number of hydrogen-bond donors (Lipinski definition) is 2. The number of rotatable bonds is 5. The third kappa shape index (κ3) is 3.85. The number of para-hydroxylation sites is 1. The van der Waals surface area contributed by atoms with Gasteiger partial charge in [-0.25, -0.2) is 4.79 Å². The molecule has 2 heterocycles. The van der Waals surface area contributed by atoms with Crippen molar-refractivity contribution in [2.45, 2.75) is 44.7 Å². The Kier molecular flexibility index (Phi) is 5.02. The minimum absolute atomic E-state index is 0.0193. The molecule has 0 unspecified atom stereocenters. The van der Waals surface area contributed by atoms with Crippen molar-refractivity contribution in [1.82, 2.24) is 19.8 Å². The monoisotopic (exact) mass is 384 g/mol. The number of piperidine rings is 1. The number of hydrogen-bond acceptors (Lipinski definition) is 4. The van der Waals surface area contributed by atoms with Gasteiger partial charge in [-0.05, 0) is 37.8 Å². The van der Waals surface area contributed by atoms with Crippen molar-refractivity contribution < 1.29 is 9.59 Å². The molecule has 1 aliphatic heterocycles. The van der Waals surface area contributed by atoms with Gasteiger partial charge in [-0.2, -0.15) is 0 Å². The van der Waals surface area contributed by atoms with Crippen LogP contribution in [0.2, 0.25) is 0 Å². The number of fused-ring (bicyclic) bond motifs is 1. The lowest BCUT2D eigenvalue weighted by molar-refractivity contribution is -0.132. The maximum atomic E-state index is 12.6. The first-order valence-electron chi connectivity index (χ1n) is 9.83. The fraction of sp³-hybridized carbons (Fsp3) is 0.500. The highest BCUT2D eigenvalue weighted by atomic mass is 16.2. The summed E-state index contributed by atoms with van der Waals surface area (Å²) in [5.74, 6) is 0.327. The van der Waals surface area contributed by atoms with E-state index >= 15 is 0 Å². The molecule has 1 aromatic carbocycles. The van der Waals surface area contributed by atoms with Gasteiger partial charge >= 0.3 is 5.69 Å². The number of carbonyl (C=O) groups is 2. The van der Waals surface area contributed by atoms with Crippen LogP contribution in [-0.2, 0) is 16.1 Å². The molecule has 2 aliphatic rings. The molecule has 8 nitrogen and oxygen atoms in total. The third-order valence-electron chi connectivity index (χ3n) is 5.60. The first kappa shape index (κ1) is 18.5. The summed E-state index contributed by atoms with van der Waals surface area (Å²) in [5, 5.41) is 3.51. The van der Waals surface area contributed by atoms with Gasteiger partial charge in [-0.1, -0.05) is 12.1 Å². The van der Waals surface area contributed by atoms with Crippen LogP contribution in [0.1, 0.15) is 32.1 Å². The van der Waals surface area contributed by atoms with Crippen molar-refractivity contribution in [3.63, 3.8) is 0 Å². The summed E-state index contributed by atoms with van der Waals surface area (Å²) in [6.45, 7) is 1.43. The van der Waals surface area contributed by atoms with Crippen LogP contribution in [-0.4, -0.2) is 45.4 Å². The fourth-order valence-corrected chi connectivity index (χ4v) is 3.77. The van der Waals surface area contributed by atoms with Crippen molar-refractivity contribution >= 4 is 22.7 Å². The molecule has 0 spiro atoms. The van der Waals surface area contributed by atoms with E-state index in [-0.39, 0.29) is 36.7 Å². The summed E-state index contributed by atoms with van der Waals surface area (Å²) >= 11 is 0. The normalized spacial score (nSPS) is 17.6. The second-order valence-electron chi connectivity index (χ2n) is 7.62. The molecule has 148 valence electrons. The molecule has 4 rings (SSSR count). The first-order valence-corrected chi connectivity index (χ1v) is 9.83. The number of aromatic amines is 1. The lowest BCUT2D eigenvalue weighted by Gasteiger charge is -2.32. The average molecular weight is 384 g/mol.